The van der Waals surface area contributed by atoms with Crippen LogP contribution in [0.25, 0.3) is 16.7 Å². The molecule has 1 atom stereocenters. The number of nitrogens with one attached hydrogen (secondary N) is 1. The topological polar surface area (TPSA) is 62.6 Å². The van der Waals surface area contributed by atoms with Crippen LogP contribution in [0.4, 0.5) is 5.69 Å². The van der Waals surface area contributed by atoms with Crippen LogP contribution in [0.15, 0.2) is 54.9 Å². The minimum absolute atomic E-state index is 0.0711. The van der Waals surface area contributed by atoms with Gasteiger partial charge in [0.25, 0.3) is 0 Å². The van der Waals surface area contributed by atoms with E-state index in [9.17, 15) is 0 Å². The van der Waals surface area contributed by atoms with Gasteiger partial charge in [0, 0.05) is 12.6 Å². The predicted octanol–water partition coefficient (Wildman–Crippen LogP) is 5.06. The molecule has 0 aliphatic carbocycles. The molecule has 3 heterocycles. The molecule has 0 saturated carbocycles. The lowest BCUT2D eigenvalue weighted by atomic mass is 9.87. The van der Waals surface area contributed by atoms with E-state index < -0.39 is 0 Å². The molecule has 0 amide bonds. The maximum Gasteiger partial charge on any atom is 0.130 e. The van der Waals surface area contributed by atoms with E-state index in [1.54, 1.807) is 17.2 Å². The van der Waals surface area contributed by atoms with E-state index in [4.69, 9.17) is 4.98 Å². The Bertz CT molecular complexity index is 1260. The van der Waals surface area contributed by atoms with Crippen LogP contribution in [0.5, 0.6) is 0 Å². The predicted molar refractivity (Wildman–Crippen MR) is 124 cm³/mol. The second kappa shape index (κ2) is 7.08. The molecule has 0 bridgehead atoms. The number of aromatic nitrogens is 5. The maximum atomic E-state index is 5.01. The molecule has 1 fully saturated rings. The quantitative estimate of drug-likeness (QED) is 0.479. The molecular weight excluding hydrogens is 384 g/mol. The Labute approximate surface area is 182 Å². The lowest BCUT2D eigenvalue weighted by molar-refractivity contribution is 0.591. The Morgan fingerprint density at radius 2 is 1.94 bits per heavy atom. The third-order valence-electron chi connectivity index (χ3n) is 5.99. The van der Waals surface area contributed by atoms with Crippen LogP contribution in [-0.2, 0) is 5.41 Å². The first-order valence-corrected chi connectivity index (χ1v) is 10.6. The number of hydrogen-bond donors (Lipinski definition) is 1. The van der Waals surface area contributed by atoms with Gasteiger partial charge >= 0.3 is 0 Å². The van der Waals surface area contributed by atoms with Gasteiger partial charge in [-0.1, -0.05) is 51.1 Å². The molecule has 1 N–H and O–H groups in total. The van der Waals surface area contributed by atoms with Crippen LogP contribution >= 0.6 is 0 Å². The Morgan fingerprint density at radius 3 is 2.68 bits per heavy atom. The van der Waals surface area contributed by atoms with Crippen molar-refractivity contribution < 1.29 is 0 Å². The van der Waals surface area contributed by atoms with Crippen molar-refractivity contribution in [2.45, 2.75) is 45.6 Å². The van der Waals surface area contributed by atoms with Gasteiger partial charge in [0.2, 0.25) is 0 Å². The molecule has 31 heavy (non-hydrogen) atoms. The summed E-state index contributed by atoms with van der Waals surface area (Å²) in [6, 6.07) is 13.9. The molecule has 2 aromatic carbocycles. The lowest BCUT2D eigenvalue weighted by Crippen LogP contribution is -2.26. The standard InChI is InChI=1S/C25H27N6/c1-16-13-22(24-28-19-10-9-18(25(3,4)5)14-20(19)29-24)30(15-16)23-17(2)7-6-8-21(23)31-26-11-12-27-31/h6-7,9-12,14,22H,1,13,15H2,2-5H3,(H,28,29)/t22-/m0/s1. The van der Waals surface area contributed by atoms with Crippen molar-refractivity contribution in [1.29, 1.82) is 0 Å². The first kappa shape index (κ1) is 19.5. The normalized spacial score (nSPS) is 17.1. The molecular formula is C25H27N6. The zero-order valence-corrected chi connectivity index (χ0v) is 18.5. The number of fused-ring (bicyclic) bond motifs is 1. The SMILES string of the molecule is C=C1C[C@@H](c2nc3cc(C(C)(C)C)ccc3[nH]2)N(c2c(-n3nccn3)[c]ccc2C)C1. The van der Waals surface area contributed by atoms with Gasteiger partial charge in [0.1, 0.15) is 11.5 Å². The van der Waals surface area contributed by atoms with E-state index in [0.29, 0.717) is 0 Å². The fourth-order valence-corrected chi connectivity index (χ4v) is 4.35. The van der Waals surface area contributed by atoms with Crippen molar-refractivity contribution >= 4 is 16.7 Å². The number of rotatable bonds is 3. The molecule has 0 spiro atoms. The van der Waals surface area contributed by atoms with Crippen molar-refractivity contribution in [3.63, 3.8) is 0 Å². The van der Waals surface area contributed by atoms with Gasteiger partial charge in [-0.2, -0.15) is 10.2 Å². The van der Waals surface area contributed by atoms with Gasteiger partial charge in [-0.15, -0.1) is 4.80 Å². The van der Waals surface area contributed by atoms with E-state index in [1.807, 2.05) is 6.07 Å². The lowest BCUT2D eigenvalue weighted by Gasteiger charge is -2.28. The maximum absolute atomic E-state index is 5.01. The molecule has 6 nitrogen and oxygen atoms in total. The largest absolute Gasteiger partial charge is 0.355 e. The second-order valence-corrected chi connectivity index (χ2v) is 9.38. The first-order chi connectivity index (χ1) is 14.8. The fraction of sp³-hybridized carbons (Fsp3) is 0.320. The van der Waals surface area contributed by atoms with Gasteiger partial charge in [-0.25, -0.2) is 4.98 Å². The summed E-state index contributed by atoms with van der Waals surface area (Å²) in [6.07, 6.45) is 4.23. The van der Waals surface area contributed by atoms with Crippen LogP contribution in [-0.4, -0.2) is 31.5 Å². The Kier molecular flexibility index (Phi) is 4.46. The van der Waals surface area contributed by atoms with Gasteiger partial charge in [-0.3, -0.25) is 0 Å². The number of anilines is 1. The minimum atomic E-state index is 0.0711. The van der Waals surface area contributed by atoms with E-state index >= 15 is 0 Å². The molecule has 0 unspecified atom stereocenters. The number of H-pyrrole nitrogens is 1. The first-order valence-electron chi connectivity index (χ1n) is 10.6. The number of imidazole rings is 1. The molecule has 1 saturated heterocycles. The molecule has 1 radical (unpaired) electrons. The number of benzene rings is 2. The third kappa shape index (κ3) is 3.42. The second-order valence-electron chi connectivity index (χ2n) is 9.38. The summed E-state index contributed by atoms with van der Waals surface area (Å²) >= 11 is 0. The zero-order valence-electron chi connectivity index (χ0n) is 18.5. The van der Waals surface area contributed by atoms with Crippen molar-refractivity contribution in [2.24, 2.45) is 0 Å². The van der Waals surface area contributed by atoms with Crippen molar-refractivity contribution in [3.8, 4) is 5.69 Å². The van der Waals surface area contributed by atoms with Crippen molar-refractivity contribution in [2.75, 3.05) is 11.4 Å². The Balaban J connectivity index is 1.60. The highest BCUT2D eigenvalue weighted by Crippen LogP contribution is 2.41. The van der Waals surface area contributed by atoms with Gasteiger partial charge < -0.3 is 9.88 Å². The van der Waals surface area contributed by atoms with Gasteiger partial charge in [0.15, 0.2) is 0 Å². The van der Waals surface area contributed by atoms with Crippen LogP contribution < -0.4 is 4.90 Å². The van der Waals surface area contributed by atoms with Crippen molar-refractivity contribution in [1.82, 2.24) is 25.0 Å². The van der Waals surface area contributed by atoms with E-state index in [-0.39, 0.29) is 11.5 Å². The molecule has 1 aliphatic rings. The smallest absolute Gasteiger partial charge is 0.130 e. The number of hydrogen-bond acceptors (Lipinski definition) is 4. The molecule has 5 rings (SSSR count). The number of nitrogens with zero attached hydrogens (tertiary/aromatic N) is 5. The van der Waals surface area contributed by atoms with Crippen molar-refractivity contribution in [3.05, 3.63) is 77.9 Å². The highest BCUT2D eigenvalue weighted by Gasteiger charge is 2.33. The Hall–Kier alpha value is -3.41. The number of aromatic amines is 1. The Morgan fingerprint density at radius 1 is 1.16 bits per heavy atom. The minimum Gasteiger partial charge on any atom is -0.355 e. The fourth-order valence-electron chi connectivity index (χ4n) is 4.35. The number of aryl methyl sites for hydroxylation is 1. The van der Waals surface area contributed by atoms with E-state index in [0.717, 1.165) is 46.8 Å². The third-order valence-corrected chi connectivity index (χ3v) is 5.99. The average molecular weight is 412 g/mol. The van der Waals surface area contributed by atoms with Crippen LogP contribution in [0.2, 0.25) is 0 Å². The summed E-state index contributed by atoms with van der Waals surface area (Å²) in [7, 11) is 0. The summed E-state index contributed by atoms with van der Waals surface area (Å²) in [5.41, 5.74) is 7.68. The van der Waals surface area contributed by atoms with E-state index in [2.05, 4.69) is 84.7 Å². The highest BCUT2D eigenvalue weighted by molar-refractivity contribution is 5.77. The summed E-state index contributed by atoms with van der Waals surface area (Å²) < 4.78 is 0. The average Bonchev–Trinajstić information content (AvgIpc) is 3.45. The monoisotopic (exact) mass is 411 g/mol. The summed E-state index contributed by atoms with van der Waals surface area (Å²) in [4.78, 5) is 12.6. The molecule has 1 aliphatic heterocycles. The van der Waals surface area contributed by atoms with Gasteiger partial charge in [-0.05, 0) is 42.0 Å². The zero-order chi connectivity index (χ0) is 21.8. The molecule has 4 aromatic rings. The van der Waals surface area contributed by atoms with Crippen LogP contribution in [0.3, 0.4) is 0 Å². The summed E-state index contributed by atoms with van der Waals surface area (Å²) in [5, 5.41) is 8.69. The van der Waals surface area contributed by atoms with Crippen LogP contribution in [0.1, 0.15) is 50.2 Å². The molecule has 6 heteroatoms. The van der Waals surface area contributed by atoms with Crippen LogP contribution in [0, 0.1) is 13.0 Å². The van der Waals surface area contributed by atoms with E-state index in [1.165, 1.54) is 11.1 Å². The summed E-state index contributed by atoms with van der Waals surface area (Å²) in [5.74, 6) is 0.960. The molecule has 157 valence electrons. The summed E-state index contributed by atoms with van der Waals surface area (Å²) in [6.45, 7) is 13.9. The molecule has 2 aromatic heterocycles. The van der Waals surface area contributed by atoms with Gasteiger partial charge in [0.05, 0.1) is 35.2 Å². The highest BCUT2D eigenvalue weighted by atomic mass is 15.5.